The number of fused-ring (bicyclic) bond motifs is 5. The van der Waals surface area contributed by atoms with Crippen LogP contribution in [0.5, 0.6) is 5.75 Å². The molecule has 0 spiro atoms. The highest BCUT2D eigenvalue weighted by molar-refractivity contribution is 6.25. The quantitative estimate of drug-likeness (QED) is 0.00468. The Kier molecular flexibility index (Phi) is 42.1. The zero-order chi connectivity index (χ0) is 111. The zero-order valence-electron chi connectivity index (χ0n) is 85.4. The first-order valence-electron chi connectivity index (χ1n) is 47.4. The van der Waals surface area contributed by atoms with Gasteiger partial charge in [-0.1, -0.05) is 117 Å². The molecule has 5 heterocycles. The summed E-state index contributed by atoms with van der Waals surface area (Å²) in [6.07, 6.45) is 0.555. The number of ether oxygens (including phenoxy) is 7. The lowest BCUT2D eigenvalue weighted by atomic mass is 10.0. The number of urea groups is 4. The summed E-state index contributed by atoms with van der Waals surface area (Å²) in [7, 11) is 0. The Hall–Kier alpha value is -17.8. The van der Waals surface area contributed by atoms with Crippen LogP contribution in [-0.4, -0.2) is 288 Å². The van der Waals surface area contributed by atoms with E-state index in [0.717, 1.165) is 29.9 Å². The number of carbonyl (C=O) groups excluding carboxylic acids is 22. The molecular weight excluding hydrogens is 1960 g/mol. The van der Waals surface area contributed by atoms with Crippen molar-refractivity contribution in [2.24, 2.45) is 22.4 Å². The Labute approximate surface area is 862 Å². The summed E-state index contributed by atoms with van der Waals surface area (Å²) in [4.78, 5) is 280. The molecule has 0 bridgehead atoms. The van der Waals surface area contributed by atoms with Gasteiger partial charge in [0.15, 0.2) is 5.96 Å². The lowest BCUT2D eigenvalue weighted by molar-refractivity contribution is -0.158. The van der Waals surface area contributed by atoms with Gasteiger partial charge in [-0.2, -0.15) is 20.0 Å². The fourth-order valence-electron chi connectivity index (χ4n) is 14.7. The number of esters is 7. The van der Waals surface area contributed by atoms with Crippen LogP contribution in [0.3, 0.4) is 0 Å². The topological polar surface area (TPSA) is 614 Å². The second kappa shape index (κ2) is 53.8. The largest absolute Gasteiger partial charge is 0.508 e. The summed E-state index contributed by atoms with van der Waals surface area (Å²) in [5.41, 5.74) is 11.3. The van der Waals surface area contributed by atoms with Crippen LogP contribution in [0.25, 0.3) is 0 Å². The lowest BCUT2D eigenvalue weighted by Gasteiger charge is -2.32. The van der Waals surface area contributed by atoms with Crippen molar-refractivity contribution >= 4 is 137 Å². The number of nitrogens with two attached hydrogens (primary N) is 2. The van der Waals surface area contributed by atoms with Crippen LogP contribution in [0.1, 0.15) is 244 Å². The summed E-state index contributed by atoms with van der Waals surface area (Å²) >= 11 is 0. The van der Waals surface area contributed by atoms with Gasteiger partial charge in [-0.3, -0.25) is 91.4 Å². The molecule has 7 aromatic rings. The number of nitrogens with zero attached hydrogens (tertiary/aromatic N) is 10. The van der Waals surface area contributed by atoms with Crippen LogP contribution in [0, 0.1) is 5.92 Å². The van der Waals surface area contributed by atoms with Gasteiger partial charge in [0.25, 0.3) is 59.1 Å². The SMILES string of the molecule is CC(C)CC(NC(=O)N(Cc1ccccc1)N1C(=O)c2ccccc2C1=O)C(=O)OC(C)(C)C.CCOC(=O)CNC(=O)C(CCCN=C(N)N)N1C(=O)c2ccccc2C1=O.CCOC(=O)CNC(=O)N(CC(=O)OC(C)(C)C)N1C(=O)c2ccccc2C1=O.CCOC(=O)CNC(=O)N(CCC(=O)OC(C)(C)C)N1C(=O)c2ccccc2C1=O.CCOC(=O)CNC(=O)N(Cc1ccc(O)cc1)N1C(=O)c2ccccc2C1=O. The molecule has 47 nitrogen and oxygen atoms in total. The number of imide groups is 5. The summed E-state index contributed by atoms with van der Waals surface area (Å²) in [5, 5.41) is 27.7. The van der Waals surface area contributed by atoms with Crippen molar-refractivity contribution in [3.8, 4) is 5.75 Å². The number of aliphatic imine (C=N–C) groups is 1. The van der Waals surface area contributed by atoms with Crippen LogP contribution in [-0.2, 0) is 84.6 Å². The molecule has 0 radical (unpaired) electrons. The number of amides is 19. The second-order valence-electron chi connectivity index (χ2n) is 36.3. The summed E-state index contributed by atoms with van der Waals surface area (Å²) in [6, 6.07) is 40.7. The maximum Gasteiger partial charge on any atom is 0.337 e. The van der Waals surface area contributed by atoms with Crippen LogP contribution in [0.2, 0.25) is 0 Å². The normalized spacial score (nSPS) is 13.3. The molecule has 7 aromatic carbocycles. The molecule has 0 aliphatic carbocycles. The minimum Gasteiger partial charge on any atom is -0.508 e. The average molecular weight is 2080 g/mol. The lowest BCUT2D eigenvalue weighted by Crippen LogP contribution is -2.56. The molecule has 2 atom stereocenters. The molecule has 19 amide bonds. The Balaban J connectivity index is 0.000000229. The van der Waals surface area contributed by atoms with Crippen molar-refractivity contribution in [1.29, 1.82) is 0 Å². The van der Waals surface area contributed by atoms with Gasteiger partial charge in [-0.15, -0.1) is 0 Å². The van der Waals surface area contributed by atoms with Crippen molar-refractivity contribution in [3.63, 3.8) is 0 Å². The molecule has 10 N–H and O–H groups in total. The molecule has 0 saturated heterocycles. The molecule has 798 valence electrons. The monoisotopic (exact) mass is 2080 g/mol. The molecule has 5 aliphatic heterocycles. The van der Waals surface area contributed by atoms with E-state index >= 15 is 0 Å². The molecule has 47 heteroatoms. The summed E-state index contributed by atoms with van der Waals surface area (Å²) in [5.74, 6) is -11.8. The summed E-state index contributed by atoms with van der Waals surface area (Å²) in [6.45, 7) is 23.5. The van der Waals surface area contributed by atoms with E-state index < -0.39 is 186 Å². The van der Waals surface area contributed by atoms with Crippen molar-refractivity contribution in [2.45, 2.75) is 172 Å². The van der Waals surface area contributed by atoms with E-state index in [2.05, 4.69) is 31.6 Å². The third-order valence-electron chi connectivity index (χ3n) is 20.9. The van der Waals surface area contributed by atoms with E-state index in [1.165, 1.54) is 60.7 Å². The standard InChI is InChI=1S/C26H31N3O5.C20H25N3O7.C20H19N3O6.C19H23N3O7.C18H23N5O5/c1-17(2)15-21(24(32)34-26(3,4)5)27-25(33)28(16-18-11-7-6-8-12-18)29-22(30)19-13-9-10-14-20(19)23(29)31;1-5-29-16(25)12-21-19(28)22(11-10-15(24)30-20(2,3)4)23-17(26)13-8-6-7-9-14(13)18(23)27;1-2-29-17(25)11-21-20(28)22(12-13-7-9-14(24)10-8-13)23-18(26)15-5-3-4-6-16(15)19(23)27;1-5-28-14(23)10-20-18(27)21(11-15(24)29-19(2,3)4)22-16(25)12-8-6-7-9-13(12)17(22)26;1-2-28-14(24)10-22-15(25)13(8-5-9-21-18(19)20)23-16(26)11-6-3-4-7-12(11)17(23)27/h6-14,17,21H,15-16H2,1-5H3,(H,27,33);6-9H,5,10-12H2,1-4H3,(H,21,28);3-10,24H,2,11-12H2,1H3,(H,21,28);6-9H,5,10-11H2,1-4H3,(H,20,27);3-4,6-7,13H,2,5,8-10H2,1H3,(H,22,25)(H4,19,20,21). The number of aromatic hydroxyl groups is 1. The van der Waals surface area contributed by atoms with Crippen LogP contribution >= 0.6 is 0 Å². The highest BCUT2D eigenvalue weighted by Crippen LogP contribution is 2.33. The Morgan fingerprint density at radius 1 is 0.367 bits per heavy atom. The van der Waals surface area contributed by atoms with Gasteiger partial charge in [-0.05, 0) is 199 Å². The predicted octanol–water partition coefficient (Wildman–Crippen LogP) is 7.85. The molecule has 2 unspecified atom stereocenters. The molecule has 0 aromatic heterocycles. The zero-order valence-corrected chi connectivity index (χ0v) is 85.4. The molecular formula is C103H121N17O30. The Morgan fingerprint density at radius 2 is 0.667 bits per heavy atom. The van der Waals surface area contributed by atoms with Crippen molar-refractivity contribution in [2.75, 3.05) is 72.2 Å². The smallest absolute Gasteiger partial charge is 0.337 e. The van der Waals surface area contributed by atoms with Gasteiger partial charge >= 0.3 is 65.9 Å². The highest BCUT2D eigenvalue weighted by atomic mass is 16.6. The van der Waals surface area contributed by atoms with Gasteiger partial charge in [0.2, 0.25) is 5.91 Å². The van der Waals surface area contributed by atoms with Crippen LogP contribution < -0.4 is 38.1 Å². The number of hydrogen-bond acceptors (Lipinski definition) is 31. The fourth-order valence-corrected chi connectivity index (χ4v) is 14.7. The third kappa shape index (κ3) is 32.6. The van der Waals surface area contributed by atoms with Crippen molar-refractivity contribution < 1.29 is 144 Å². The number of hydrazine groups is 4. The van der Waals surface area contributed by atoms with E-state index in [1.54, 1.807) is 199 Å². The second-order valence-corrected chi connectivity index (χ2v) is 36.3. The van der Waals surface area contributed by atoms with E-state index in [1.807, 2.05) is 19.9 Å². The number of carbonyl (C=O) groups is 22. The van der Waals surface area contributed by atoms with Gasteiger partial charge < -0.3 is 76.3 Å². The van der Waals surface area contributed by atoms with Crippen molar-refractivity contribution in [1.82, 2.24) is 71.6 Å². The first kappa shape index (κ1) is 117. The first-order valence-corrected chi connectivity index (χ1v) is 47.4. The van der Waals surface area contributed by atoms with Crippen LogP contribution in [0.4, 0.5) is 19.2 Å². The summed E-state index contributed by atoms with van der Waals surface area (Å²) < 4.78 is 34.9. The number of guanidine groups is 1. The molecule has 12 rings (SSSR count). The van der Waals surface area contributed by atoms with Gasteiger partial charge in [0, 0.05) is 6.54 Å². The molecule has 5 aliphatic rings. The average Bonchev–Trinajstić information content (AvgIpc) is 1.64. The highest BCUT2D eigenvalue weighted by Gasteiger charge is 2.49. The number of rotatable bonds is 35. The molecule has 0 saturated carbocycles. The Bertz CT molecular complexity index is 6090. The van der Waals surface area contributed by atoms with E-state index in [9.17, 15) is 111 Å². The number of hydrogen-bond donors (Lipinski definition) is 8. The van der Waals surface area contributed by atoms with E-state index in [4.69, 9.17) is 44.6 Å². The maximum absolute atomic E-state index is 13.5. The molecule has 0 fully saturated rings. The number of phenols is 1. The fraction of sp³-hybridized carbons (Fsp3) is 0.369. The minimum absolute atomic E-state index is 0.0350. The van der Waals surface area contributed by atoms with Crippen molar-refractivity contribution in [3.05, 3.63) is 243 Å². The third-order valence-corrected chi connectivity index (χ3v) is 20.9. The maximum atomic E-state index is 13.5. The minimum atomic E-state index is -1.10. The number of benzene rings is 7. The van der Waals surface area contributed by atoms with Gasteiger partial charge in [-0.25, -0.2) is 44.0 Å². The number of nitrogens with one attached hydrogen (secondary N) is 5. The Morgan fingerprint density at radius 3 is 1.01 bits per heavy atom. The van der Waals surface area contributed by atoms with Gasteiger partial charge in [0.1, 0.15) is 67.4 Å². The number of phenolic OH excluding ortho intramolecular Hbond substituents is 1. The first-order chi connectivity index (χ1) is 70.8. The predicted molar refractivity (Wildman–Crippen MR) is 531 cm³/mol. The van der Waals surface area contributed by atoms with E-state index in [0.29, 0.717) is 39.0 Å². The molecule has 150 heavy (non-hydrogen) atoms. The van der Waals surface area contributed by atoms with Crippen LogP contribution in [0.15, 0.2) is 181 Å². The van der Waals surface area contributed by atoms with Gasteiger partial charge in [0.05, 0.1) is 108 Å². The van der Waals surface area contributed by atoms with E-state index in [-0.39, 0.29) is 145 Å².